The van der Waals surface area contributed by atoms with Crippen LogP contribution in [0.2, 0.25) is 0 Å². The van der Waals surface area contributed by atoms with Crippen molar-refractivity contribution in [1.29, 1.82) is 0 Å². The van der Waals surface area contributed by atoms with Crippen molar-refractivity contribution in [2.24, 2.45) is 0 Å². The lowest BCUT2D eigenvalue weighted by molar-refractivity contribution is -0.137. The third kappa shape index (κ3) is 4.75. The van der Waals surface area contributed by atoms with Crippen molar-refractivity contribution >= 4 is 10.9 Å². The number of pyridine rings is 1. The Labute approximate surface area is 174 Å². The smallest absolute Gasteiger partial charge is 0.416 e. The van der Waals surface area contributed by atoms with E-state index in [0.29, 0.717) is 5.92 Å². The lowest BCUT2D eigenvalue weighted by atomic mass is 9.90. The van der Waals surface area contributed by atoms with Gasteiger partial charge in [0.15, 0.2) is 0 Å². The molecule has 4 rings (SSSR count). The predicted molar refractivity (Wildman–Crippen MR) is 112 cm³/mol. The zero-order valence-electron chi connectivity index (χ0n) is 16.9. The summed E-state index contributed by atoms with van der Waals surface area (Å²) in [6, 6.07) is 13.1. The van der Waals surface area contributed by atoms with E-state index < -0.39 is 11.7 Å². The molecule has 0 aliphatic carbocycles. The maximum absolute atomic E-state index is 12.9. The molecule has 1 aromatic heterocycles. The van der Waals surface area contributed by atoms with E-state index in [1.807, 2.05) is 18.2 Å². The first kappa shape index (κ1) is 20.7. The van der Waals surface area contributed by atoms with E-state index in [9.17, 15) is 13.2 Å². The Bertz CT molecular complexity index is 1020. The minimum absolute atomic E-state index is 0.189. The van der Waals surface area contributed by atoms with Gasteiger partial charge in [-0.15, -0.1) is 0 Å². The number of aromatic nitrogens is 1. The van der Waals surface area contributed by atoms with Gasteiger partial charge in [-0.1, -0.05) is 18.2 Å². The topological polar surface area (TPSA) is 34.1 Å². The first-order chi connectivity index (χ1) is 14.4. The van der Waals surface area contributed by atoms with Crippen molar-refractivity contribution in [3.8, 4) is 5.75 Å². The van der Waals surface area contributed by atoms with Gasteiger partial charge in [-0.3, -0.25) is 4.98 Å². The number of hydrogen-bond donors (Lipinski definition) is 1. The van der Waals surface area contributed by atoms with E-state index in [1.54, 1.807) is 0 Å². The van der Waals surface area contributed by atoms with Gasteiger partial charge in [0.25, 0.3) is 0 Å². The molecule has 0 radical (unpaired) electrons. The van der Waals surface area contributed by atoms with Crippen molar-refractivity contribution in [1.82, 2.24) is 10.3 Å². The highest BCUT2D eigenvalue weighted by Crippen LogP contribution is 2.32. The fourth-order valence-corrected chi connectivity index (χ4v) is 4.09. The minimum atomic E-state index is -4.38. The highest BCUT2D eigenvalue weighted by atomic mass is 19.4. The highest BCUT2D eigenvalue weighted by Gasteiger charge is 2.30. The molecule has 1 unspecified atom stereocenters. The number of fused-ring (bicyclic) bond motifs is 1. The van der Waals surface area contributed by atoms with Crippen molar-refractivity contribution in [3.63, 3.8) is 0 Å². The van der Waals surface area contributed by atoms with Gasteiger partial charge >= 0.3 is 6.18 Å². The standard InChI is InChI=1S/C24H25F3N2O/c1-16-22(18-4-3-10-28-11-9-18)13-19-8-7-17(12-23(19)29-16)15-30-21-6-2-5-20(14-21)24(25,26)27/h2,5-8,12-14,18,28H,3-4,9-11,15H2,1H3. The predicted octanol–water partition coefficient (Wildman–Crippen LogP) is 6.00. The molecule has 1 saturated heterocycles. The molecule has 3 aromatic rings. The largest absolute Gasteiger partial charge is 0.489 e. The van der Waals surface area contributed by atoms with Crippen LogP contribution in [-0.4, -0.2) is 18.1 Å². The average Bonchev–Trinajstić information content (AvgIpc) is 3.00. The molecular weight excluding hydrogens is 389 g/mol. The van der Waals surface area contributed by atoms with Gasteiger partial charge in [0, 0.05) is 11.1 Å². The molecule has 0 bridgehead atoms. The maximum atomic E-state index is 12.9. The SMILES string of the molecule is Cc1nc2cc(COc3cccc(C(F)(F)F)c3)ccc2cc1C1CCCNCC1. The van der Waals surface area contributed by atoms with Gasteiger partial charge in [-0.25, -0.2) is 0 Å². The highest BCUT2D eigenvalue weighted by molar-refractivity contribution is 5.80. The number of hydrogen-bond acceptors (Lipinski definition) is 3. The van der Waals surface area contributed by atoms with Gasteiger partial charge in [-0.05, 0) is 86.7 Å². The molecule has 2 heterocycles. The van der Waals surface area contributed by atoms with E-state index in [2.05, 4.69) is 18.3 Å². The van der Waals surface area contributed by atoms with Gasteiger partial charge in [0.2, 0.25) is 0 Å². The number of nitrogens with one attached hydrogen (secondary N) is 1. The summed E-state index contributed by atoms with van der Waals surface area (Å²) in [5.41, 5.74) is 3.41. The molecule has 1 aliphatic heterocycles. The summed E-state index contributed by atoms with van der Waals surface area (Å²) in [5, 5.41) is 4.53. The molecule has 30 heavy (non-hydrogen) atoms. The van der Waals surface area contributed by atoms with Crippen molar-refractivity contribution < 1.29 is 17.9 Å². The fraction of sp³-hybridized carbons (Fsp3) is 0.375. The third-order valence-electron chi connectivity index (χ3n) is 5.69. The average molecular weight is 414 g/mol. The first-order valence-corrected chi connectivity index (χ1v) is 10.3. The van der Waals surface area contributed by atoms with Crippen LogP contribution in [0, 0.1) is 6.92 Å². The van der Waals surface area contributed by atoms with Crippen molar-refractivity contribution in [2.75, 3.05) is 13.1 Å². The third-order valence-corrected chi connectivity index (χ3v) is 5.69. The van der Waals surface area contributed by atoms with Crippen LogP contribution in [-0.2, 0) is 12.8 Å². The molecule has 1 N–H and O–H groups in total. The second kappa shape index (κ2) is 8.64. The van der Waals surface area contributed by atoms with E-state index >= 15 is 0 Å². The molecule has 1 aliphatic rings. The molecular formula is C24H25F3N2O. The molecule has 0 amide bonds. The fourth-order valence-electron chi connectivity index (χ4n) is 4.09. The number of aryl methyl sites for hydroxylation is 1. The monoisotopic (exact) mass is 414 g/mol. The van der Waals surface area contributed by atoms with Crippen LogP contribution in [0.1, 0.15) is 47.6 Å². The quantitative estimate of drug-likeness (QED) is 0.569. The zero-order chi connectivity index (χ0) is 21.1. The van der Waals surface area contributed by atoms with Crippen LogP contribution in [0.15, 0.2) is 48.5 Å². The van der Waals surface area contributed by atoms with Crippen LogP contribution in [0.3, 0.4) is 0 Å². The molecule has 1 atom stereocenters. The Morgan fingerprint density at radius 3 is 2.77 bits per heavy atom. The van der Waals surface area contributed by atoms with Gasteiger partial charge in [-0.2, -0.15) is 13.2 Å². The molecule has 2 aromatic carbocycles. The summed E-state index contributed by atoms with van der Waals surface area (Å²) in [6.07, 6.45) is -0.913. The summed E-state index contributed by atoms with van der Waals surface area (Å²) in [6.45, 7) is 4.35. The zero-order valence-corrected chi connectivity index (χ0v) is 16.9. The summed E-state index contributed by atoms with van der Waals surface area (Å²) in [7, 11) is 0. The molecule has 0 saturated carbocycles. The van der Waals surface area contributed by atoms with Crippen molar-refractivity contribution in [2.45, 2.75) is 44.9 Å². The second-order valence-electron chi connectivity index (χ2n) is 7.88. The lowest BCUT2D eigenvalue weighted by Gasteiger charge is -2.17. The van der Waals surface area contributed by atoms with Crippen LogP contribution < -0.4 is 10.1 Å². The Morgan fingerprint density at radius 1 is 1.07 bits per heavy atom. The summed E-state index contributed by atoms with van der Waals surface area (Å²) >= 11 is 0. The van der Waals surface area contributed by atoms with Crippen LogP contribution >= 0.6 is 0 Å². The Kier molecular flexibility index (Phi) is 5.95. The number of nitrogens with zero attached hydrogens (tertiary/aromatic N) is 1. The van der Waals surface area contributed by atoms with Gasteiger partial charge in [0.05, 0.1) is 11.1 Å². The van der Waals surface area contributed by atoms with Crippen LogP contribution in [0.4, 0.5) is 13.2 Å². The van der Waals surface area contributed by atoms with Crippen LogP contribution in [0.5, 0.6) is 5.75 Å². The normalized spacial score (nSPS) is 17.7. The maximum Gasteiger partial charge on any atom is 0.416 e. The number of ether oxygens (including phenoxy) is 1. The number of rotatable bonds is 4. The summed E-state index contributed by atoms with van der Waals surface area (Å²) in [4.78, 5) is 4.82. The summed E-state index contributed by atoms with van der Waals surface area (Å²) in [5.74, 6) is 0.729. The lowest BCUT2D eigenvalue weighted by Crippen LogP contribution is -2.14. The Balaban J connectivity index is 1.52. The minimum Gasteiger partial charge on any atom is -0.489 e. The molecule has 0 spiro atoms. The molecule has 1 fully saturated rings. The van der Waals surface area contributed by atoms with Crippen molar-refractivity contribution in [3.05, 3.63) is 70.9 Å². The van der Waals surface area contributed by atoms with E-state index in [1.165, 1.54) is 30.5 Å². The Hall–Kier alpha value is -2.60. The van der Waals surface area contributed by atoms with E-state index in [-0.39, 0.29) is 12.4 Å². The van der Waals surface area contributed by atoms with E-state index in [4.69, 9.17) is 9.72 Å². The van der Waals surface area contributed by atoms with E-state index in [0.717, 1.165) is 53.8 Å². The number of benzene rings is 2. The number of halogens is 3. The van der Waals surface area contributed by atoms with Gasteiger partial charge < -0.3 is 10.1 Å². The Morgan fingerprint density at radius 2 is 1.93 bits per heavy atom. The van der Waals surface area contributed by atoms with Crippen LogP contribution in [0.25, 0.3) is 10.9 Å². The van der Waals surface area contributed by atoms with Gasteiger partial charge in [0.1, 0.15) is 12.4 Å². The summed E-state index contributed by atoms with van der Waals surface area (Å²) < 4.78 is 44.2. The molecule has 6 heteroatoms. The number of alkyl halides is 3. The second-order valence-corrected chi connectivity index (χ2v) is 7.88. The molecule has 3 nitrogen and oxygen atoms in total. The molecule has 158 valence electrons. The first-order valence-electron chi connectivity index (χ1n) is 10.3.